The number of fused-ring (bicyclic) bond motifs is 1. The summed E-state index contributed by atoms with van der Waals surface area (Å²) < 4.78 is 8.19. The predicted octanol–water partition coefficient (Wildman–Crippen LogP) is 7.09. The number of ether oxygens (including phenoxy) is 1. The lowest BCUT2D eigenvalue weighted by Gasteiger charge is -2.12. The van der Waals surface area contributed by atoms with E-state index in [1.165, 1.54) is 5.56 Å². The Morgan fingerprint density at radius 2 is 1.72 bits per heavy atom. The number of nitrogens with zero attached hydrogens (tertiary/aromatic N) is 2. The highest BCUT2D eigenvalue weighted by Gasteiger charge is 2.13. The summed E-state index contributed by atoms with van der Waals surface area (Å²) >= 11 is 12.5. The van der Waals surface area contributed by atoms with Gasteiger partial charge in [0.25, 0.3) is 0 Å². The maximum Gasteiger partial charge on any atom is 0.148 e. The van der Waals surface area contributed by atoms with E-state index in [0.29, 0.717) is 29.1 Å². The lowest BCUT2D eigenvalue weighted by molar-refractivity contribution is 0.291. The van der Waals surface area contributed by atoms with Crippen molar-refractivity contribution in [1.29, 1.82) is 0 Å². The van der Waals surface area contributed by atoms with Crippen molar-refractivity contribution in [2.24, 2.45) is 0 Å². The number of aromatic nitrogens is 2. The number of benzene rings is 3. The molecule has 1 aromatic heterocycles. The summed E-state index contributed by atoms with van der Waals surface area (Å²) in [6.45, 7) is 5.34. The summed E-state index contributed by atoms with van der Waals surface area (Å²) in [7, 11) is 0. The minimum Gasteiger partial charge on any atom is -0.486 e. The van der Waals surface area contributed by atoms with E-state index in [2.05, 4.69) is 36.6 Å². The van der Waals surface area contributed by atoms with Crippen LogP contribution in [0.25, 0.3) is 11.0 Å². The summed E-state index contributed by atoms with van der Waals surface area (Å²) in [5.74, 6) is 2.18. The van der Waals surface area contributed by atoms with Gasteiger partial charge in [-0.2, -0.15) is 0 Å². The standard InChI is InChI=1S/C24H22Cl2N2O/c1-16(2)17-8-11-20(12-9-17)29-15-24-27-22-5-3-4-6-23(22)28(24)14-18-7-10-19(25)13-21(18)26/h3-13,16H,14-15H2,1-2H3. The van der Waals surface area contributed by atoms with Gasteiger partial charge < -0.3 is 9.30 Å². The van der Waals surface area contributed by atoms with Gasteiger partial charge in [-0.1, -0.05) is 67.4 Å². The van der Waals surface area contributed by atoms with Crippen LogP contribution in [0.1, 0.15) is 36.7 Å². The molecule has 4 aromatic rings. The van der Waals surface area contributed by atoms with Crippen molar-refractivity contribution in [2.45, 2.75) is 32.9 Å². The smallest absolute Gasteiger partial charge is 0.148 e. The lowest BCUT2D eigenvalue weighted by atomic mass is 10.0. The third kappa shape index (κ3) is 4.42. The van der Waals surface area contributed by atoms with Crippen LogP contribution in [0, 0.1) is 0 Å². The molecule has 0 unspecified atom stereocenters. The van der Waals surface area contributed by atoms with Gasteiger partial charge in [0, 0.05) is 10.0 Å². The second kappa shape index (κ2) is 8.48. The molecule has 0 spiro atoms. The molecule has 148 valence electrons. The highest BCUT2D eigenvalue weighted by atomic mass is 35.5. The minimum absolute atomic E-state index is 0.376. The van der Waals surface area contributed by atoms with E-state index in [4.69, 9.17) is 32.9 Å². The van der Waals surface area contributed by atoms with Gasteiger partial charge >= 0.3 is 0 Å². The Morgan fingerprint density at radius 3 is 2.45 bits per heavy atom. The Hall–Kier alpha value is -2.49. The number of halogens is 2. The quantitative estimate of drug-likeness (QED) is 0.330. The zero-order chi connectivity index (χ0) is 20.4. The SMILES string of the molecule is CC(C)c1ccc(OCc2nc3ccccc3n2Cc2ccc(Cl)cc2Cl)cc1. The third-order valence-corrected chi connectivity index (χ3v) is 5.58. The molecule has 29 heavy (non-hydrogen) atoms. The second-order valence-corrected chi connectivity index (χ2v) is 8.19. The molecule has 3 aromatic carbocycles. The first kappa shape index (κ1) is 19.8. The van der Waals surface area contributed by atoms with Gasteiger partial charge in [-0.25, -0.2) is 4.98 Å². The van der Waals surface area contributed by atoms with Crippen molar-refractivity contribution in [3.8, 4) is 5.75 Å². The van der Waals surface area contributed by atoms with Crippen LogP contribution in [0.15, 0.2) is 66.7 Å². The fraction of sp³-hybridized carbons (Fsp3) is 0.208. The highest BCUT2D eigenvalue weighted by molar-refractivity contribution is 6.35. The normalized spacial score (nSPS) is 11.3. The largest absolute Gasteiger partial charge is 0.486 e. The van der Waals surface area contributed by atoms with E-state index < -0.39 is 0 Å². The number of imidazole rings is 1. The van der Waals surface area contributed by atoms with Crippen molar-refractivity contribution in [3.63, 3.8) is 0 Å². The monoisotopic (exact) mass is 424 g/mol. The van der Waals surface area contributed by atoms with Crippen molar-refractivity contribution in [1.82, 2.24) is 9.55 Å². The van der Waals surface area contributed by atoms with Crippen molar-refractivity contribution in [3.05, 3.63) is 93.7 Å². The number of rotatable bonds is 6. The average Bonchev–Trinajstić information content (AvgIpc) is 3.06. The van der Waals surface area contributed by atoms with Gasteiger partial charge in [0.15, 0.2) is 0 Å². The molecule has 4 rings (SSSR count). The Morgan fingerprint density at radius 1 is 0.966 bits per heavy atom. The van der Waals surface area contributed by atoms with Gasteiger partial charge in [-0.05, 0) is 53.4 Å². The second-order valence-electron chi connectivity index (χ2n) is 7.35. The summed E-state index contributed by atoms with van der Waals surface area (Å²) in [5, 5.41) is 1.27. The molecule has 0 aliphatic heterocycles. The van der Waals surface area contributed by atoms with Gasteiger partial charge in [0.05, 0.1) is 17.6 Å². The molecule has 0 saturated heterocycles. The van der Waals surface area contributed by atoms with E-state index in [1.807, 2.05) is 42.5 Å². The van der Waals surface area contributed by atoms with Crippen LogP contribution < -0.4 is 4.74 Å². The van der Waals surface area contributed by atoms with E-state index in [1.54, 1.807) is 6.07 Å². The van der Waals surface area contributed by atoms with E-state index in [0.717, 1.165) is 28.2 Å². The van der Waals surface area contributed by atoms with E-state index in [-0.39, 0.29) is 0 Å². The zero-order valence-electron chi connectivity index (χ0n) is 16.4. The van der Waals surface area contributed by atoms with Crippen molar-refractivity contribution >= 4 is 34.2 Å². The molecule has 0 N–H and O–H groups in total. The predicted molar refractivity (Wildman–Crippen MR) is 120 cm³/mol. The molecular formula is C24H22Cl2N2O. The average molecular weight is 425 g/mol. The molecule has 0 amide bonds. The van der Waals surface area contributed by atoms with Crippen LogP contribution >= 0.6 is 23.2 Å². The van der Waals surface area contributed by atoms with Crippen LogP contribution in [-0.2, 0) is 13.2 Å². The van der Waals surface area contributed by atoms with Crippen molar-refractivity contribution in [2.75, 3.05) is 0 Å². The first-order chi connectivity index (χ1) is 14.0. The topological polar surface area (TPSA) is 27.1 Å². The molecule has 0 aliphatic rings. The maximum atomic E-state index is 6.41. The fourth-order valence-corrected chi connectivity index (χ4v) is 3.80. The Kier molecular flexibility index (Phi) is 5.79. The van der Waals surface area contributed by atoms with Gasteiger partial charge in [-0.15, -0.1) is 0 Å². The molecule has 0 aliphatic carbocycles. The summed E-state index contributed by atoms with van der Waals surface area (Å²) in [4.78, 5) is 4.79. The molecule has 0 atom stereocenters. The molecule has 5 heteroatoms. The summed E-state index contributed by atoms with van der Waals surface area (Å²) in [5.41, 5.74) is 4.27. The van der Waals surface area contributed by atoms with Crippen LogP contribution in [-0.4, -0.2) is 9.55 Å². The number of hydrogen-bond donors (Lipinski definition) is 0. The molecule has 0 fully saturated rings. The van der Waals surface area contributed by atoms with Crippen LogP contribution in [0.4, 0.5) is 0 Å². The number of para-hydroxylation sites is 2. The molecular weight excluding hydrogens is 403 g/mol. The first-order valence-corrected chi connectivity index (χ1v) is 10.4. The van der Waals surface area contributed by atoms with E-state index >= 15 is 0 Å². The van der Waals surface area contributed by atoms with Gasteiger partial charge in [0.1, 0.15) is 18.2 Å². The molecule has 0 bridgehead atoms. The van der Waals surface area contributed by atoms with Crippen LogP contribution in [0.2, 0.25) is 10.0 Å². The van der Waals surface area contributed by atoms with Gasteiger partial charge in [0.2, 0.25) is 0 Å². The Balaban J connectivity index is 1.62. The van der Waals surface area contributed by atoms with Crippen molar-refractivity contribution < 1.29 is 4.74 Å². The maximum absolute atomic E-state index is 6.41. The van der Waals surface area contributed by atoms with Crippen LogP contribution in [0.5, 0.6) is 5.75 Å². The Bertz CT molecular complexity index is 1130. The zero-order valence-corrected chi connectivity index (χ0v) is 17.9. The fourth-order valence-electron chi connectivity index (χ4n) is 3.33. The summed E-state index contributed by atoms with van der Waals surface area (Å²) in [6, 6.07) is 21.9. The molecule has 1 heterocycles. The van der Waals surface area contributed by atoms with E-state index in [9.17, 15) is 0 Å². The van der Waals surface area contributed by atoms with Gasteiger partial charge in [-0.3, -0.25) is 0 Å². The Labute approximate surface area is 180 Å². The van der Waals surface area contributed by atoms with Crippen LogP contribution in [0.3, 0.4) is 0 Å². The molecule has 0 radical (unpaired) electrons. The lowest BCUT2D eigenvalue weighted by Crippen LogP contribution is -2.09. The minimum atomic E-state index is 0.376. The number of hydrogen-bond acceptors (Lipinski definition) is 2. The first-order valence-electron chi connectivity index (χ1n) is 9.62. The summed E-state index contributed by atoms with van der Waals surface area (Å²) in [6.07, 6.45) is 0. The highest BCUT2D eigenvalue weighted by Crippen LogP contribution is 2.25. The molecule has 3 nitrogen and oxygen atoms in total. The third-order valence-electron chi connectivity index (χ3n) is 4.99. The molecule has 0 saturated carbocycles.